The molecular formula is C7H10N2OS. The standard InChI is InChI=1S/C7H10N2OS/c8-3-7-5-1-2-11-4-6(5)9-10-7/h1-4,8H2. The van der Waals surface area contributed by atoms with Crippen molar-refractivity contribution in [2.24, 2.45) is 5.73 Å². The number of nitrogens with zero attached hydrogens (tertiary/aromatic N) is 1. The molecular weight excluding hydrogens is 160 g/mol. The van der Waals surface area contributed by atoms with Crippen molar-refractivity contribution < 1.29 is 4.52 Å². The second-order valence-electron chi connectivity index (χ2n) is 2.54. The van der Waals surface area contributed by atoms with Crippen LogP contribution >= 0.6 is 11.8 Å². The Balaban J connectivity index is 2.38. The van der Waals surface area contributed by atoms with E-state index < -0.39 is 0 Å². The van der Waals surface area contributed by atoms with Gasteiger partial charge in [0.25, 0.3) is 0 Å². The quantitative estimate of drug-likeness (QED) is 0.681. The Labute approximate surface area is 69.3 Å². The average Bonchev–Trinajstić information content (AvgIpc) is 2.47. The summed E-state index contributed by atoms with van der Waals surface area (Å²) in [6, 6.07) is 0. The van der Waals surface area contributed by atoms with Crippen molar-refractivity contribution in [3.63, 3.8) is 0 Å². The van der Waals surface area contributed by atoms with Crippen LogP contribution < -0.4 is 5.73 Å². The number of rotatable bonds is 1. The fourth-order valence-electron chi connectivity index (χ4n) is 1.28. The SMILES string of the molecule is NCc1onc2c1CCSC2. The third-order valence-corrected chi connectivity index (χ3v) is 2.84. The van der Waals surface area contributed by atoms with Crippen LogP contribution in [0.2, 0.25) is 0 Å². The van der Waals surface area contributed by atoms with Crippen LogP contribution in [0.3, 0.4) is 0 Å². The van der Waals surface area contributed by atoms with Crippen LogP contribution in [0.4, 0.5) is 0 Å². The number of nitrogens with two attached hydrogens (primary N) is 1. The number of thioether (sulfide) groups is 1. The topological polar surface area (TPSA) is 52.0 Å². The molecule has 1 aliphatic heterocycles. The van der Waals surface area contributed by atoms with Gasteiger partial charge < -0.3 is 10.3 Å². The smallest absolute Gasteiger partial charge is 0.153 e. The van der Waals surface area contributed by atoms with Crippen LogP contribution in [0.1, 0.15) is 17.0 Å². The van der Waals surface area contributed by atoms with Crippen LogP contribution in [-0.4, -0.2) is 10.9 Å². The molecule has 0 aliphatic carbocycles. The molecule has 0 amide bonds. The molecule has 2 heterocycles. The summed E-state index contributed by atoms with van der Waals surface area (Å²) in [5.41, 5.74) is 7.83. The van der Waals surface area contributed by atoms with E-state index in [9.17, 15) is 0 Å². The zero-order valence-electron chi connectivity index (χ0n) is 6.17. The molecule has 0 saturated heterocycles. The summed E-state index contributed by atoms with van der Waals surface area (Å²) in [5, 5.41) is 3.95. The van der Waals surface area contributed by atoms with E-state index >= 15 is 0 Å². The van der Waals surface area contributed by atoms with E-state index in [-0.39, 0.29) is 0 Å². The summed E-state index contributed by atoms with van der Waals surface area (Å²) < 4.78 is 5.08. The van der Waals surface area contributed by atoms with Gasteiger partial charge in [0.05, 0.1) is 12.2 Å². The molecule has 0 aromatic carbocycles. The van der Waals surface area contributed by atoms with E-state index in [4.69, 9.17) is 10.3 Å². The Kier molecular flexibility index (Phi) is 1.87. The number of fused-ring (bicyclic) bond motifs is 1. The van der Waals surface area contributed by atoms with Crippen LogP contribution in [0.5, 0.6) is 0 Å². The molecule has 60 valence electrons. The highest BCUT2D eigenvalue weighted by Gasteiger charge is 2.17. The minimum Gasteiger partial charge on any atom is -0.359 e. The van der Waals surface area contributed by atoms with Crippen molar-refractivity contribution in [1.82, 2.24) is 5.16 Å². The largest absolute Gasteiger partial charge is 0.359 e. The Morgan fingerprint density at radius 2 is 2.55 bits per heavy atom. The van der Waals surface area contributed by atoms with E-state index in [1.807, 2.05) is 11.8 Å². The van der Waals surface area contributed by atoms with Gasteiger partial charge in [-0.25, -0.2) is 0 Å². The molecule has 0 atom stereocenters. The highest BCUT2D eigenvalue weighted by molar-refractivity contribution is 7.98. The van der Waals surface area contributed by atoms with Gasteiger partial charge in [0.1, 0.15) is 0 Å². The number of hydrogen-bond acceptors (Lipinski definition) is 4. The van der Waals surface area contributed by atoms with Crippen molar-refractivity contribution in [3.8, 4) is 0 Å². The predicted octanol–water partition coefficient (Wildman–Crippen LogP) is 0.923. The third kappa shape index (κ3) is 1.16. The average molecular weight is 170 g/mol. The maximum Gasteiger partial charge on any atom is 0.153 e. The first-order valence-electron chi connectivity index (χ1n) is 3.66. The van der Waals surface area contributed by atoms with Gasteiger partial charge in [0.15, 0.2) is 5.76 Å². The van der Waals surface area contributed by atoms with E-state index in [1.165, 1.54) is 11.3 Å². The first-order valence-corrected chi connectivity index (χ1v) is 4.81. The highest BCUT2D eigenvalue weighted by Crippen LogP contribution is 2.25. The Morgan fingerprint density at radius 3 is 3.36 bits per heavy atom. The highest BCUT2D eigenvalue weighted by atomic mass is 32.2. The maximum atomic E-state index is 5.48. The molecule has 1 aromatic rings. The Morgan fingerprint density at radius 1 is 1.64 bits per heavy atom. The van der Waals surface area contributed by atoms with Gasteiger partial charge in [-0.15, -0.1) is 0 Å². The van der Waals surface area contributed by atoms with Crippen molar-refractivity contribution in [2.45, 2.75) is 18.7 Å². The second kappa shape index (κ2) is 2.87. The van der Waals surface area contributed by atoms with Gasteiger partial charge in [0.2, 0.25) is 0 Å². The predicted molar refractivity (Wildman–Crippen MR) is 44.3 cm³/mol. The van der Waals surface area contributed by atoms with Gasteiger partial charge in [-0.3, -0.25) is 0 Å². The molecule has 11 heavy (non-hydrogen) atoms. The Hall–Kier alpha value is -0.480. The molecule has 0 bridgehead atoms. The molecule has 0 radical (unpaired) electrons. The second-order valence-corrected chi connectivity index (χ2v) is 3.64. The zero-order chi connectivity index (χ0) is 7.68. The molecule has 1 aliphatic rings. The molecule has 2 N–H and O–H groups in total. The molecule has 0 saturated carbocycles. The van der Waals surface area contributed by atoms with E-state index in [0.29, 0.717) is 6.54 Å². The van der Waals surface area contributed by atoms with Crippen molar-refractivity contribution in [1.29, 1.82) is 0 Å². The fourth-order valence-corrected chi connectivity index (χ4v) is 2.20. The third-order valence-electron chi connectivity index (χ3n) is 1.87. The van der Waals surface area contributed by atoms with Crippen LogP contribution in [0, 0.1) is 0 Å². The fraction of sp³-hybridized carbons (Fsp3) is 0.571. The lowest BCUT2D eigenvalue weighted by molar-refractivity contribution is 0.380. The van der Waals surface area contributed by atoms with Crippen LogP contribution in [-0.2, 0) is 18.7 Å². The zero-order valence-corrected chi connectivity index (χ0v) is 6.99. The Bertz CT molecular complexity index is 245. The lowest BCUT2D eigenvalue weighted by atomic mass is 10.1. The number of hydrogen-bond donors (Lipinski definition) is 1. The molecule has 0 unspecified atom stereocenters. The van der Waals surface area contributed by atoms with Gasteiger partial charge in [-0.05, 0) is 12.2 Å². The molecule has 0 fully saturated rings. The molecule has 1 aromatic heterocycles. The summed E-state index contributed by atoms with van der Waals surface area (Å²) >= 11 is 1.90. The molecule has 4 heteroatoms. The van der Waals surface area contributed by atoms with Crippen molar-refractivity contribution >= 4 is 11.8 Å². The number of aromatic nitrogens is 1. The van der Waals surface area contributed by atoms with Crippen molar-refractivity contribution in [3.05, 3.63) is 17.0 Å². The van der Waals surface area contributed by atoms with E-state index in [0.717, 1.165) is 23.6 Å². The first kappa shape index (κ1) is 7.18. The van der Waals surface area contributed by atoms with E-state index in [1.54, 1.807) is 0 Å². The monoisotopic (exact) mass is 170 g/mol. The summed E-state index contributed by atoms with van der Waals surface area (Å²) in [6.07, 6.45) is 1.07. The summed E-state index contributed by atoms with van der Waals surface area (Å²) in [4.78, 5) is 0. The molecule has 0 spiro atoms. The lowest BCUT2D eigenvalue weighted by Crippen LogP contribution is -2.05. The van der Waals surface area contributed by atoms with Gasteiger partial charge in [0, 0.05) is 11.3 Å². The van der Waals surface area contributed by atoms with E-state index in [2.05, 4.69) is 5.16 Å². The first-order chi connectivity index (χ1) is 5.42. The van der Waals surface area contributed by atoms with Gasteiger partial charge in [-0.1, -0.05) is 5.16 Å². The van der Waals surface area contributed by atoms with Gasteiger partial charge in [-0.2, -0.15) is 11.8 Å². The van der Waals surface area contributed by atoms with Crippen LogP contribution in [0.15, 0.2) is 4.52 Å². The van der Waals surface area contributed by atoms with Gasteiger partial charge >= 0.3 is 0 Å². The maximum absolute atomic E-state index is 5.48. The summed E-state index contributed by atoms with van der Waals surface area (Å²) in [7, 11) is 0. The normalized spacial score (nSPS) is 16.5. The minimum absolute atomic E-state index is 0.479. The lowest BCUT2D eigenvalue weighted by Gasteiger charge is -2.07. The van der Waals surface area contributed by atoms with Crippen LogP contribution in [0.25, 0.3) is 0 Å². The summed E-state index contributed by atoms with van der Waals surface area (Å²) in [6.45, 7) is 0.479. The molecule has 2 rings (SSSR count). The molecule has 3 nitrogen and oxygen atoms in total. The minimum atomic E-state index is 0.479. The van der Waals surface area contributed by atoms with Crippen molar-refractivity contribution in [2.75, 3.05) is 5.75 Å². The summed E-state index contributed by atoms with van der Waals surface area (Å²) in [5.74, 6) is 3.03.